The van der Waals surface area contributed by atoms with Crippen molar-refractivity contribution in [1.29, 1.82) is 0 Å². The van der Waals surface area contributed by atoms with Crippen molar-refractivity contribution in [2.24, 2.45) is 9.98 Å². The van der Waals surface area contributed by atoms with Gasteiger partial charge in [-0.3, -0.25) is 4.99 Å². The molecule has 4 nitrogen and oxygen atoms in total. The maximum Gasteiger partial charge on any atom is 0.184 e. The standard InChI is InChI=1S/C45H36N4Si/c1-46-44(34-18-6-2-7-19-34)48-45(47-36-20-8-3-9-21-36)35-30-32-37(33-31-35)49-40-26-14-16-28-42(40)50(38-22-10-4-11-23-38,39-24-12-5-13-25-39)43-29-17-15-27-41(43)49/h2-33H,1H3,(H,46,47,48). The molecule has 5 heteroatoms. The van der Waals surface area contributed by atoms with Crippen molar-refractivity contribution in [1.82, 2.24) is 0 Å². The quantitative estimate of drug-likeness (QED) is 0.112. The van der Waals surface area contributed by atoms with Crippen LogP contribution in [0.2, 0.25) is 0 Å². The van der Waals surface area contributed by atoms with Crippen molar-refractivity contribution < 1.29 is 0 Å². The molecule has 0 saturated carbocycles. The van der Waals surface area contributed by atoms with Crippen molar-refractivity contribution in [2.75, 3.05) is 17.3 Å². The van der Waals surface area contributed by atoms with Gasteiger partial charge in [-0.25, -0.2) is 4.99 Å². The Kier molecular flexibility index (Phi) is 8.47. The van der Waals surface area contributed by atoms with Crippen LogP contribution >= 0.6 is 0 Å². The van der Waals surface area contributed by atoms with Gasteiger partial charge in [-0.05, 0) is 69.3 Å². The van der Waals surface area contributed by atoms with Crippen LogP contribution in [-0.4, -0.2) is 26.8 Å². The maximum atomic E-state index is 5.08. The lowest BCUT2D eigenvalue weighted by molar-refractivity contribution is 1.29. The summed E-state index contributed by atoms with van der Waals surface area (Å²) in [6, 6.07) is 69.2. The van der Waals surface area contributed by atoms with E-state index in [2.05, 4.69) is 149 Å². The minimum absolute atomic E-state index is 0.662. The zero-order valence-electron chi connectivity index (χ0n) is 27.8. The molecule has 0 aliphatic carbocycles. The van der Waals surface area contributed by atoms with E-state index in [1.165, 1.54) is 32.1 Å². The lowest BCUT2D eigenvalue weighted by Gasteiger charge is -2.45. The van der Waals surface area contributed by atoms with Crippen LogP contribution in [0.25, 0.3) is 0 Å². The number of para-hydroxylation sites is 3. The van der Waals surface area contributed by atoms with E-state index in [4.69, 9.17) is 4.99 Å². The molecular weight excluding hydrogens is 625 g/mol. The molecule has 7 aromatic rings. The number of fused-ring (bicyclic) bond motifs is 2. The van der Waals surface area contributed by atoms with Crippen LogP contribution in [0, 0.1) is 0 Å². The maximum absolute atomic E-state index is 5.08. The molecule has 240 valence electrons. The van der Waals surface area contributed by atoms with Gasteiger partial charge in [-0.2, -0.15) is 0 Å². The zero-order chi connectivity index (χ0) is 33.8. The van der Waals surface area contributed by atoms with E-state index in [-0.39, 0.29) is 0 Å². The summed E-state index contributed by atoms with van der Waals surface area (Å²) in [6.45, 7) is 0. The van der Waals surface area contributed by atoms with Crippen LogP contribution in [0.15, 0.2) is 204 Å². The number of benzene rings is 7. The number of nitrogens with zero attached hydrogens (tertiary/aromatic N) is 3. The van der Waals surface area contributed by atoms with Crippen LogP contribution in [0.4, 0.5) is 22.7 Å². The van der Waals surface area contributed by atoms with Gasteiger partial charge in [0.25, 0.3) is 0 Å². The normalized spacial score (nSPS) is 13.7. The first-order valence-electron chi connectivity index (χ1n) is 16.9. The molecule has 1 heterocycles. The van der Waals surface area contributed by atoms with Crippen LogP contribution in [-0.2, 0) is 0 Å². The Balaban J connectivity index is 1.27. The lowest BCUT2D eigenvalue weighted by atomic mass is 10.1. The Labute approximate surface area is 294 Å². The molecule has 1 aliphatic heterocycles. The fourth-order valence-electron chi connectivity index (χ4n) is 7.22. The van der Waals surface area contributed by atoms with E-state index in [1.54, 1.807) is 7.05 Å². The molecule has 0 bridgehead atoms. The summed E-state index contributed by atoms with van der Waals surface area (Å²) in [4.78, 5) is 12.1. The molecule has 0 saturated heterocycles. The summed E-state index contributed by atoms with van der Waals surface area (Å²) in [5, 5.41) is 9.07. The van der Waals surface area contributed by atoms with Gasteiger partial charge in [0.1, 0.15) is 5.84 Å². The van der Waals surface area contributed by atoms with Gasteiger partial charge in [-0.15, -0.1) is 0 Å². The third-order valence-electron chi connectivity index (χ3n) is 9.41. The van der Waals surface area contributed by atoms with E-state index in [9.17, 15) is 0 Å². The van der Waals surface area contributed by atoms with Crippen LogP contribution in [0.3, 0.4) is 0 Å². The molecule has 0 radical (unpaired) electrons. The molecule has 1 N–H and O–H groups in total. The molecule has 1 aliphatic rings. The highest BCUT2D eigenvalue weighted by molar-refractivity contribution is 7.21. The van der Waals surface area contributed by atoms with Gasteiger partial charge in [0.2, 0.25) is 0 Å². The van der Waals surface area contributed by atoms with Gasteiger partial charge < -0.3 is 10.2 Å². The summed E-state index contributed by atoms with van der Waals surface area (Å²) >= 11 is 0. The molecule has 0 spiro atoms. The third-order valence-corrected chi connectivity index (χ3v) is 14.3. The summed E-state index contributed by atoms with van der Waals surface area (Å²) in [5.74, 6) is 1.39. The minimum Gasteiger partial charge on any atom is -0.340 e. The highest BCUT2D eigenvalue weighted by atomic mass is 28.3. The number of anilines is 4. The Morgan fingerprint density at radius 1 is 0.480 bits per heavy atom. The van der Waals surface area contributed by atoms with Gasteiger partial charge in [0.05, 0.1) is 0 Å². The van der Waals surface area contributed by atoms with Crippen LogP contribution in [0.1, 0.15) is 11.1 Å². The first kappa shape index (κ1) is 31.0. The summed E-state index contributed by atoms with van der Waals surface area (Å²) in [5.41, 5.74) is 6.39. The van der Waals surface area contributed by atoms with Crippen molar-refractivity contribution in [2.45, 2.75) is 0 Å². The smallest absolute Gasteiger partial charge is 0.184 e. The third kappa shape index (κ3) is 5.54. The topological polar surface area (TPSA) is 40.0 Å². The van der Waals surface area contributed by atoms with Crippen LogP contribution in [0.5, 0.6) is 0 Å². The Morgan fingerprint density at radius 2 is 0.940 bits per heavy atom. The SMILES string of the molecule is C/N=C(\N=C(/Nc1ccccc1)c1ccc(N2c3ccccc3[Si](c3ccccc3)(c3ccccc3)c3ccccc32)cc1)c1ccccc1. The van der Waals surface area contributed by atoms with Gasteiger partial charge >= 0.3 is 0 Å². The number of aliphatic imine (C=N–C) groups is 2. The predicted molar refractivity (Wildman–Crippen MR) is 214 cm³/mol. The average molecular weight is 661 g/mol. The van der Waals surface area contributed by atoms with E-state index >= 15 is 0 Å². The number of amidine groups is 2. The Bertz CT molecular complexity index is 2200. The molecular formula is C45H36N4Si. The molecule has 8 rings (SSSR count). The minimum atomic E-state index is -2.66. The summed E-state index contributed by atoms with van der Waals surface area (Å²) in [6.07, 6.45) is 0. The molecule has 50 heavy (non-hydrogen) atoms. The fourth-order valence-corrected chi connectivity index (χ4v) is 12.3. The molecule has 0 unspecified atom stereocenters. The van der Waals surface area contributed by atoms with Crippen molar-refractivity contribution in [3.8, 4) is 0 Å². The van der Waals surface area contributed by atoms with Crippen molar-refractivity contribution in [3.05, 3.63) is 205 Å². The second-order valence-electron chi connectivity index (χ2n) is 12.3. The Morgan fingerprint density at radius 3 is 1.46 bits per heavy atom. The summed E-state index contributed by atoms with van der Waals surface area (Å²) < 4.78 is 0. The molecule has 0 aromatic heterocycles. The van der Waals surface area contributed by atoms with Crippen molar-refractivity contribution >= 4 is 63.2 Å². The zero-order valence-corrected chi connectivity index (χ0v) is 28.8. The fraction of sp³-hybridized carbons (Fsp3) is 0.0222. The van der Waals surface area contributed by atoms with Crippen LogP contribution < -0.4 is 31.0 Å². The number of hydrogen-bond donors (Lipinski definition) is 1. The predicted octanol–water partition coefficient (Wildman–Crippen LogP) is 7.78. The van der Waals surface area contributed by atoms with E-state index in [0.29, 0.717) is 5.84 Å². The average Bonchev–Trinajstić information content (AvgIpc) is 3.20. The molecule has 0 amide bonds. The Hall–Kier alpha value is -6.30. The molecule has 0 atom stereocenters. The van der Waals surface area contributed by atoms with Gasteiger partial charge in [0, 0.05) is 40.9 Å². The molecule has 7 aromatic carbocycles. The van der Waals surface area contributed by atoms with Gasteiger partial charge in [0.15, 0.2) is 13.9 Å². The lowest BCUT2D eigenvalue weighted by Crippen LogP contribution is -2.77. The highest BCUT2D eigenvalue weighted by Gasteiger charge is 2.48. The second kappa shape index (κ2) is 13.7. The number of nitrogens with one attached hydrogen (secondary N) is 1. The van der Waals surface area contributed by atoms with E-state index in [1.807, 2.05) is 60.7 Å². The monoisotopic (exact) mass is 660 g/mol. The van der Waals surface area contributed by atoms with Gasteiger partial charge in [-0.1, -0.05) is 146 Å². The first-order chi connectivity index (χ1) is 24.8. The number of rotatable bonds is 6. The largest absolute Gasteiger partial charge is 0.340 e. The first-order valence-corrected chi connectivity index (χ1v) is 18.9. The summed E-state index contributed by atoms with van der Waals surface area (Å²) in [7, 11) is -0.876. The highest BCUT2D eigenvalue weighted by Crippen LogP contribution is 2.38. The van der Waals surface area contributed by atoms with Crippen molar-refractivity contribution in [3.63, 3.8) is 0 Å². The van der Waals surface area contributed by atoms with E-state index < -0.39 is 8.07 Å². The second-order valence-corrected chi connectivity index (χ2v) is 16.0. The molecule has 0 fully saturated rings. The van der Waals surface area contributed by atoms with E-state index in [0.717, 1.165) is 28.3 Å². The number of hydrogen-bond acceptors (Lipinski definition) is 2.